The summed E-state index contributed by atoms with van der Waals surface area (Å²) in [6, 6.07) is 14.7. The summed E-state index contributed by atoms with van der Waals surface area (Å²) in [4.78, 5) is 0. The topological polar surface area (TPSA) is 33.0 Å². The van der Waals surface area contributed by atoms with Gasteiger partial charge in [0.1, 0.15) is 11.9 Å². The Kier molecular flexibility index (Phi) is 3.93. The summed E-state index contributed by atoms with van der Waals surface area (Å²) in [7, 11) is 0. The molecule has 1 fully saturated rings. The molecule has 102 valence electrons. The van der Waals surface area contributed by atoms with Crippen LogP contribution in [0, 0.1) is 17.2 Å². The monoisotopic (exact) mass is 329 g/mol. The van der Waals surface area contributed by atoms with E-state index in [1.54, 1.807) is 0 Å². The van der Waals surface area contributed by atoms with Gasteiger partial charge in [0, 0.05) is 4.47 Å². The Morgan fingerprint density at radius 2 is 1.80 bits per heavy atom. The molecule has 0 radical (unpaired) electrons. The smallest absolute Gasteiger partial charge is 0.120 e. The van der Waals surface area contributed by atoms with Gasteiger partial charge >= 0.3 is 0 Å². The van der Waals surface area contributed by atoms with Crippen molar-refractivity contribution in [2.24, 2.45) is 5.92 Å². The molecule has 1 saturated carbocycles. The predicted octanol–water partition coefficient (Wildman–Crippen LogP) is 5.06. The van der Waals surface area contributed by atoms with Crippen LogP contribution in [0.25, 0.3) is 10.8 Å². The van der Waals surface area contributed by atoms with Crippen LogP contribution in [-0.4, -0.2) is 6.10 Å². The van der Waals surface area contributed by atoms with Crippen LogP contribution in [0.15, 0.2) is 40.9 Å². The maximum Gasteiger partial charge on any atom is 0.120 e. The minimum Gasteiger partial charge on any atom is -0.489 e. The van der Waals surface area contributed by atoms with Crippen molar-refractivity contribution in [3.05, 3.63) is 40.9 Å². The summed E-state index contributed by atoms with van der Waals surface area (Å²) in [5, 5.41) is 11.6. The molecule has 2 atom stereocenters. The number of nitriles is 1. The van der Waals surface area contributed by atoms with Crippen molar-refractivity contribution in [1.29, 1.82) is 5.26 Å². The van der Waals surface area contributed by atoms with Crippen LogP contribution in [0.4, 0.5) is 0 Å². The molecule has 0 aliphatic heterocycles. The highest BCUT2D eigenvalue weighted by molar-refractivity contribution is 9.10. The zero-order valence-corrected chi connectivity index (χ0v) is 12.8. The van der Waals surface area contributed by atoms with Crippen molar-refractivity contribution < 1.29 is 4.74 Å². The third-order valence-corrected chi connectivity index (χ3v) is 4.42. The molecule has 0 bridgehead atoms. The van der Waals surface area contributed by atoms with Gasteiger partial charge in [-0.3, -0.25) is 0 Å². The van der Waals surface area contributed by atoms with Crippen molar-refractivity contribution >= 4 is 26.7 Å². The van der Waals surface area contributed by atoms with E-state index in [2.05, 4.69) is 46.3 Å². The quantitative estimate of drug-likeness (QED) is 0.771. The Morgan fingerprint density at radius 3 is 2.65 bits per heavy atom. The Bertz CT molecular complexity index is 662. The minimum atomic E-state index is 0.0318. The molecule has 2 aromatic carbocycles. The Balaban J connectivity index is 1.83. The molecule has 0 N–H and O–H groups in total. The number of fused-ring (bicyclic) bond motifs is 1. The zero-order chi connectivity index (χ0) is 13.9. The Hall–Kier alpha value is -1.53. The van der Waals surface area contributed by atoms with Gasteiger partial charge in [0.25, 0.3) is 0 Å². The van der Waals surface area contributed by atoms with Crippen LogP contribution >= 0.6 is 15.9 Å². The van der Waals surface area contributed by atoms with Crippen molar-refractivity contribution in [3.8, 4) is 11.8 Å². The lowest BCUT2D eigenvalue weighted by Crippen LogP contribution is -2.29. The average molecular weight is 330 g/mol. The number of rotatable bonds is 2. The van der Waals surface area contributed by atoms with Crippen molar-refractivity contribution in [3.63, 3.8) is 0 Å². The lowest BCUT2D eigenvalue weighted by atomic mass is 9.87. The largest absolute Gasteiger partial charge is 0.489 e. The molecule has 0 saturated heterocycles. The molecule has 2 aromatic rings. The van der Waals surface area contributed by atoms with Crippen molar-refractivity contribution in [1.82, 2.24) is 0 Å². The zero-order valence-electron chi connectivity index (χ0n) is 11.2. The third kappa shape index (κ3) is 2.81. The van der Waals surface area contributed by atoms with Gasteiger partial charge in [-0.05, 0) is 54.3 Å². The van der Waals surface area contributed by atoms with E-state index >= 15 is 0 Å². The van der Waals surface area contributed by atoms with E-state index in [1.807, 2.05) is 12.1 Å². The van der Waals surface area contributed by atoms with Gasteiger partial charge in [0.05, 0.1) is 12.0 Å². The summed E-state index contributed by atoms with van der Waals surface area (Å²) >= 11 is 3.48. The first-order chi connectivity index (χ1) is 9.76. The molecule has 1 aliphatic rings. The van der Waals surface area contributed by atoms with E-state index in [-0.39, 0.29) is 12.0 Å². The Morgan fingerprint density at radius 1 is 1.05 bits per heavy atom. The number of nitrogens with zero attached hydrogens (tertiary/aromatic N) is 1. The fraction of sp³-hybridized carbons (Fsp3) is 0.353. The molecule has 0 heterocycles. The first-order valence-electron chi connectivity index (χ1n) is 7.02. The standard InChI is InChI=1S/C17H16BrNO/c18-15-7-5-13-10-16(8-6-12(13)9-15)20-17-4-2-1-3-14(17)11-19/h5-10,14,17H,1-4H2. The Labute approximate surface area is 127 Å². The van der Waals surface area contributed by atoms with Gasteiger partial charge in [-0.1, -0.05) is 34.5 Å². The SMILES string of the molecule is N#CC1CCCCC1Oc1ccc2cc(Br)ccc2c1. The summed E-state index contributed by atoms with van der Waals surface area (Å²) in [6.45, 7) is 0. The molecule has 2 unspecified atom stereocenters. The molecule has 3 heteroatoms. The van der Waals surface area contributed by atoms with Crippen molar-refractivity contribution in [2.45, 2.75) is 31.8 Å². The normalized spacial score (nSPS) is 22.4. The second-order valence-corrected chi connectivity index (χ2v) is 6.25. The molecular weight excluding hydrogens is 314 g/mol. The maximum absolute atomic E-state index is 9.21. The number of ether oxygens (including phenoxy) is 1. The second-order valence-electron chi connectivity index (χ2n) is 5.33. The van der Waals surface area contributed by atoms with E-state index in [1.165, 1.54) is 5.39 Å². The highest BCUT2D eigenvalue weighted by Gasteiger charge is 2.26. The summed E-state index contributed by atoms with van der Waals surface area (Å²) in [5.41, 5.74) is 0. The van der Waals surface area contributed by atoms with E-state index in [0.717, 1.165) is 41.3 Å². The number of hydrogen-bond acceptors (Lipinski definition) is 2. The van der Waals surface area contributed by atoms with Crippen LogP contribution in [0.1, 0.15) is 25.7 Å². The maximum atomic E-state index is 9.21. The van der Waals surface area contributed by atoms with Gasteiger partial charge < -0.3 is 4.74 Å². The fourth-order valence-electron chi connectivity index (χ4n) is 2.83. The molecular formula is C17H16BrNO. The highest BCUT2D eigenvalue weighted by Crippen LogP contribution is 2.30. The molecule has 20 heavy (non-hydrogen) atoms. The van der Waals surface area contributed by atoms with E-state index in [9.17, 15) is 5.26 Å². The predicted molar refractivity (Wildman–Crippen MR) is 83.6 cm³/mol. The van der Waals surface area contributed by atoms with Crippen LogP contribution in [0.2, 0.25) is 0 Å². The number of halogens is 1. The summed E-state index contributed by atoms with van der Waals surface area (Å²) in [6.07, 6.45) is 4.28. The van der Waals surface area contributed by atoms with Crippen LogP contribution in [0.3, 0.4) is 0 Å². The van der Waals surface area contributed by atoms with Gasteiger partial charge in [-0.15, -0.1) is 0 Å². The lowest BCUT2D eigenvalue weighted by Gasteiger charge is -2.27. The van der Waals surface area contributed by atoms with Crippen LogP contribution in [0.5, 0.6) is 5.75 Å². The second kappa shape index (κ2) is 5.85. The summed E-state index contributed by atoms with van der Waals surface area (Å²) < 4.78 is 7.14. The van der Waals surface area contributed by atoms with E-state index in [4.69, 9.17) is 4.74 Å². The van der Waals surface area contributed by atoms with Gasteiger partial charge in [0.15, 0.2) is 0 Å². The average Bonchev–Trinajstić information content (AvgIpc) is 2.48. The first-order valence-corrected chi connectivity index (χ1v) is 7.81. The number of hydrogen-bond donors (Lipinski definition) is 0. The van der Waals surface area contributed by atoms with E-state index < -0.39 is 0 Å². The molecule has 3 rings (SSSR count). The lowest BCUT2D eigenvalue weighted by molar-refractivity contribution is 0.120. The van der Waals surface area contributed by atoms with Crippen LogP contribution < -0.4 is 4.74 Å². The molecule has 2 nitrogen and oxygen atoms in total. The molecule has 0 amide bonds. The minimum absolute atomic E-state index is 0.0318. The van der Waals surface area contributed by atoms with E-state index in [0.29, 0.717) is 0 Å². The van der Waals surface area contributed by atoms with Gasteiger partial charge in [-0.25, -0.2) is 0 Å². The number of benzene rings is 2. The van der Waals surface area contributed by atoms with Gasteiger partial charge in [-0.2, -0.15) is 5.26 Å². The fourth-order valence-corrected chi connectivity index (χ4v) is 3.21. The summed E-state index contributed by atoms with van der Waals surface area (Å²) in [5.74, 6) is 0.899. The van der Waals surface area contributed by atoms with Crippen LogP contribution in [-0.2, 0) is 0 Å². The highest BCUT2D eigenvalue weighted by atomic mass is 79.9. The van der Waals surface area contributed by atoms with Gasteiger partial charge in [0.2, 0.25) is 0 Å². The van der Waals surface area contributed by atoms with Crippen molar-refractivity contribution in [2.75, 3.05) is 0 Å². The first kappa shape index (κ1) is 13.5. The third-order valence-electron chi connectivity index (χ3n) is 3.93. The molecule has 0 aromatic heterocycles. The molecule has 1 aliphatic carbocycles. The molecule has 0 spiro atoms.